The normalized spacial score (nSPS) is 16.2. The molecule has 10 nitrogen and oxygen atoms in total. The van der Waals surface area contributed by atoms with Gasteiger partial charge in [-0.25, -0.2) is 15.0 Å². The van der Waals surface area contributed by atoms with Crippen LogP contribution in [0.5, 0.6) is 5.75 Å². The summed E-state index contributed by atoms with van der Waals surface area (Å²) in [5, 5.41) is 0. The number of anilines is 1. The first-order chi connectivity index (χ1) is 17.6. The molecule has 1 atom stereocenters. The van der Waals surface area contributed by atoms with E-state index in [1.165, 1.54) is 6.20 Å². The summed E-state index contributed by atoms with van der Waals surface area (Å²) in [5.41, 5.74) is 8.71. The Hall–Kier alpha value is -3.37. The second kappa shape index (κ2) is 12.5. The number of esters is 1. The summed E-state index contributed by atoms with van der Waals surface area (Å²) in [4.78, 5) is 32.2. The van der Waals surface area contributed by atoms with Gasteiger partial charge < -0.3 is 19.9 Å². The Labute approximate surface area is 211 Å². The number of piperidine rings is 1. The first kappa shape index (κ1) is 25.7. The Morgan fingerprint density at radius 2 is 1.94 bits per heavy atom. The second-order valence-electron chi connectivity index (χ2n) is 8.91. The smallest absolute Gasteiger partial charge is 0.323 e. The highest BCUT2D eigenvalue weighted by Gasteiger charge is 2.27. The number of carbonyl (C=O) groups is 1. The van der Waals surface area contributed by atoms with Gasteiger partial charge in [-0.05, 0) is 45.0 Å². The predicted molar refractivity (Wildman–Crippen MR) is 136 cm³/mol. The number of carbonyl (C=O) groups excluding carboxylic acids is 1. The van der Waals surface area contributed by atoms with Gasteiger partial charge in [0.1, 0.15) is 24.0 Å². The summed E-state index contributed by atoms with van der Waals surface area (Å²) in [7, 11) is 1.97. The Bertz CT molecular complexity index is 1160. The molecule has 1 unspecified atom stereocenters. The summed E-state index contributed by atoms with van der Waals surface area (Å²) in [6, 6.07) is 3.62. The van der Waals surface area contributed by atoms with Gasteiger partial charge in [-0.15, -0.1) is 0 Å². The maximum atomic E-state index is 12.4. The van der Waals surface area contributed by atoms with Crippen LogP contribution in [-0.4, -0.2) is 70.3 Å². The fourth-order valence-electron chi connectivity index (χ4n) is 4.19. The van der Waals surface area contributed by atoms with Crippen molar-refractivity contribution in [1.29, 1.82) is 0 Å². The van der Waals surface area contributed by atoms with Gasteiger partial charge in [-0.3, -0.25) is 14.7 Å². The highest BCUT2D eigenvalue weighted by Crippen LogP contribution is 2.35. The van der Waals surface area contributed by atoms with Crippen LogP contribution in [0.2, 0.25) is 0 Å². The van der Waals surface area contributed by atoms with Crippen LogP contribution in [-0.2, 0) is 20.9 Å². The van der Waals surface area contributed by atoms with E-state index in [1.54, 1.807) is 12.4 Å². The number of rotatable bonds is 11. The molecule has 1 fully saturated rings. The molecule has 2 aromatic heterocycles. The van der Waals surface area contributed by atoms with Crippen LogP contribution >= 0.6 is 0 Å². The van der Waals surface area contributed by atoms with Crippen molar-refractivity contribution in [2.45, 2.75) is 51.7 Å². The highest BCUT2D eigenvalue weighted by atomic mass is 16.5. The molecule has 10 heteroatoms. The molecule has 3 heterocycles. The van der Waals surface area contributed by atoms with Crippen molar-refractivity contribution < 1.29 is 19.0 Å². The Kier molecular flexibility index (Phi) is 8.96. The number of nitrogens with zero attached hydrogens (tertiary/aromatic N) is 5. The molecule has 0 bridgehead atoms. The molecular weight excluding hydrogens is 460 g/mol. The number of fused-ring (bicyclic) bond motifs is 1. The van der Waals surface area contributed by atoms with Gasteiger partial charge >= 0.3 is 5.97 Å². The molecule has 36 heavy (non-hydrogen) atoms. The molecule has 0 radical (unpaired) electrons. The minimum Gasteiger partial charge on any atom is -0.490 e. The topological polar surface area (TPSA) is 126 Å². The number of likely N-dealkylation sites (N-methyl/N-ethyl adjacent to an activating group) is 1. The molecule has 1 saturated heterocycles. The highest BCUT2D eigenvalue weighted by molar-refractivity contribution is 5.90. The monoisotopic (exact) mass is 494 g/mol. The zero-order chi connectivity index (χ0) is 25.3. The largest absolute Gasteiger partial charge is 0.490 e. The average molecular weight is 495 g/mol. The van der Waals surface area contributed by atoms with Crippen LogP contribution in [0.3, 0.4) is 0 Å². The summed E-state index contributed by atoms with van der Waals surface area (Å²) >= 11 is 0. The van der Waals surface area contributed by atoms with E-state index >= 15 is 0 Å². The predicted octanol–water partition coefficient (Wildman–Crippen LogP) is 3.39. The number of nitrogen functional groups attached to an aromatic ring is 1. The van der Waals surface area contributed by atoms with Crippen molar-refractivity contribution in [2.75, 3.05) is 39.1 Å². The van der Waals surface area contributed by atoms with E-state index in [4.69, 9.17) is 19.9 Å². The van der Waals surface area contributed by atoms with Crippen LogP contribution in [0.25, 0.3) is 22.2 Å². The molecule has 1 aliphatic heterocycles. The first-order valence-electron chi connectivity index (χ1n) is 12.5. The lowest BCUT2D eigenvalue weighted by Crippen LogP contribution is -2.43. The lowest BCUT2D eigenvalue weighted by atomic mass is 10.0. The maximum Gasteiger partial charge on any atom is 0.323 e. The maximum absolute atomic E-state index is 12.4. The molecule has 3 aromatic rings. The SMILES string of the molecule is CCCOCc1ncc(-c2ccc3ncc(N)nc3c2OCCCOC(=O)C2CCCCN2C)cn1. The van der Waals surface area contributed by atoms with Crippen LogP contribution in [0, 0.1) is 0 Å². The van der Waals surface area contributed by atoms with Crippen LogP contribution in [0.15, 0.2) is 30.7 Å². The number of ether oxygens (including phenoxy) is 3. The van der Waals surface area contributed by atoms with Crippen molar-refractivity contribution >= 4 is 22.8 Å². The zero-order valence-corrected chi connectivity index (χ0v) is 21.0. The fourth-order valence-corrected chi connectivity index (χ4v) is 4.19. The van der Waals surface area contributed by atoms with E-state index < -0.39 is 0 Å². The molecule has 192 valence electrons. The summed E-state index contributed by atoms with van der Waals surface area (Å²) in [6.07, 6.45) is 9.50. The van der Waals surface area contributed by atoms with Gasteiger partial charge in [-0.1, -0.05) is 13.3 Å². The quantitative estimate of drug-likeness (QED) is 0.313. The number of benzene rings is 1. The van der Waals surface area contributed by atoms with E-state index in [1.807, 2.05) is 19.2 Å². The number of aromatic nitrogens is 4. The van der Waals surface area contributed by atoms with Crippen molar-refractivity contribution in [3.63, 3.8) is 0 Å². The van der Waals surface area contributed by atoms with Gasteiger partial charge in [-0.2, -0.15) is 0 Å². The Morgan fingerprint density at radius 1 is 1.11 bits per heavy atom. The number of likely N-dealkylation sites (tertiary alicyclic amines) is 1. The van der Waals surface area contributed by atoms with Crippen molar-refractivity contribution in [3.05, 3.63) is 36.5 Å². The van der Waals surface area contributed by atoms with Crippen LogP contribution < -0.4 is 10.5 Å². The van der Waals surface area contributed by atoms with Gasteiger partial charge in [0.15, 0.2) is 11.6 Å². The minimum atomic E-state index is -0.165. The first-order valence-corrected chi connectivity index (χ1v) is 12.5. The summed E-state index contributed by atoms with van der Waals surface area (Å²) in [6.45, 7) is 4.63. The molecule has 1 aliphatic rings. The third kappa shape index (κ3) is 6.44. The summed E-state index contributed by atoms with van der Waals surface area (Å²) < 4.78 is 17.2. The molecule has 4 rings (SSSR count). The lowest BCUT2D eigenvalue weighted by Gasteiger charge is -2.30. The molecule has 0 aliphatic carbocycles. The Morgan fingerprint density at radius 3 is 2.72 bits per heavy atom. The van der Waals surface area contributed by atoms with Crippen molar-refractivity contribution in [2.24, 2.45) is 0 Å². The molecule has 0 saturated carbocycles. The number of hydrogen-bond acceptors (Lipinski definition) is 10. The lowest BCUT2D eigenvalue weighted by molar-refractivity contribution is -0.150. The van der Waals surface area contributed by atoms with E-state index in [-0.39, 0.29) is 18.6 Å². The third-order valence-corrected chi connectivity index (χ3v) is 6.10. The molecule has 1 aromatic carbocycles. The average Bonchev–Trinajstić information content (AvgIpc) is 2.89. The van der Waals surface area contributed by atoms with Gasteiger partial charge in [0, 0.05) is 36.5 Å². The fraction of sp³-hybridized carbons (Fsp3) is 0.500. The van der Waals surface area contributed by atoms with Gasteiger partial charge in [0.2, 0.25) is 0 Å². The third-order valence-electron chi connectivity index (χ3n) is 6.10. The van der Waals surface area contributed by atoms with Gasteiger partial charge in [0.25, 0.3) is 0 Å². The van der Waals surface area contributed by atoms with Crippen LogP contribution in [0.4, 0.5) is 5.82 Å². The van der Waals surface area contributed by atoms with Crippen LogP contribution in [0.1, 0.15) is 44.9 Å². The molecule has 0 amide bonds. The van der Waals surface area contributed by atoms with E-state index in [0.29, 0.717) is 54.7 Å². The molecular formula is C26H34N6O4. The van der Waals surface area contributed by atoms with E-state index in [2.05, 4.69) is 31.8 Å². The minimum absolute atomic E-state index is 0.155. The second-order valence-corrected chi connectivity index (χ2v) is 8.91. The Balaban J connectivity index is 1.44. The van der Waals surface area contributed by atoms with Gasteiger partial charge in [0.05, 0.1) is 24.9 Å². The standard InChI is InChI=1S/C26H34N6O4/c1-3-11-34-17-23-29-14-18(15-30-23)19-8-9-20-24(31-22(27)16-28-20)25(19)35-12-6-13-36-26(33)21-7-4-5-10-32(21)2/h8-9,14-16,21H,3-7,10-13,17H2,1-2H3,(H2,27,31). The zero-order valence-electron chi connectivity index (χ0n) is 21.0. The summed E-state index contributed by atoms with van der Waals surface area (Å²) in [5.74, 6) is 1.30. The van der Waals surface area contributed by atoms with Crippen molar-refractivity contribution in [1.82, 2.24) is 24.8 Å². The molecule has 0 spiro atoms. The number of hydrogen-bond donors (Lipinski definition) is 1. The van der Waals surface area contributed by atoms with E-state index in [9.17, 15) is 4.79 Å². The van der Waals surface area contributed by atoms with Crippen molar-refractivity contribution in [3.8, 4) is 16.9 Å². The molecule has 2 N–H and O–H groups in total. The number of nitrogens with two attached hydrogens (primary N) is 1. The van der Waals surface area contributed by atoms with E-state index in [0.717, 1.165) is 43.4 Å².